The van der Waals surface area contributed by atoms with Crippen LogP contribution in [0.25, 0.3) is 0 Å². The first-order chi connectivity index (χ1) is 11.0. The lowest BCUT2D eigenvalue weighted by Crippen LogP contribution is -2.26. The Bertz CT molecular complexity index is 721. The highest BCUT2D eigenvalue weighted by Crippen LogP contribution is 2.22. The fraction of sp³-hybridized carbons (Fsp3) is 0.125. The van der Waals surface area contributed by atoms with Crippen LogP contribution in [0, 0.1) is 5.82 Å². The smallest absolute Gasteiger partial charge is 0.268 e. The number of halogens is 3. The molecule has 2 aromatic carbocycles. The third-order valence-corrected chi connectivity index (χ3v) is 3.41. The molecule has 1 N–H and O–H groups in total. The molecule has 0 fully saturated rings. The molecule has 0 unspecified atom stereocenters. The summed E-state index contributed by atoms with van der Waals surface area (Å²) in [6, 6.07) is 10.6. The highest BCUT2D eigenvalue weighted by Gasteiger charge is 2.15. The Morgan fingerprint density at radius 1 is 1.26 bits per heavy atom. The Balaban J connectivity index is 1.90. The van der Waals surface area contributed by atoms with Crippen molar-refractivity contribution in [3.05, 3.63) is 63.9 Å². The van der Waals surface area contributed by atoms with Gasteiger partial charge in [-0.25, -0.2) is 4.39 Å². The van der Waals surface area contributed by atoms with Crippen LogP contribution < -0.4 is 5.32 Å². The lowest BCUT2D eigenvalue weighted by molar-refractivity contribution is -0.126. The molecule has 0 radical (unpaired) electrons. The van der Waals surface area contributed by atoms with E-state index in [9.17, 15) is 9.18 Å². The molecule has 0 heterocycles. The van der Waals surface area contributed by atoms with Gasteiger partial charge in [0.2, 0.25) is 6.10 Å². The number of rotatable bonds is 5. The second-order valence-corrected chi connectivity index (χ2v) is 5.49. The second kappa shape index (κ2) is 7.94. The van der Waals surface area contributed by atoms with Crippen LogP contribution in [0.1, 0.15) is 12.5 Å². The van der Waals surface area contributed by atoms with E-state index in [1.165, 1.54) is 25.3 Å². The Morgan fingerprint density at radius 2 is 1.96 bits per heavy atom. The molecule has 0 saturated carbocycles. The van der Waals surface area contributed by atoms with Crippen LogP contribution >= 0.6 is 23.2 Å². The van der Waals surface area contributed by atoms with Crippen LogP contribution in [-0.2, 0) is 9.63 Å². The monoisotopic (exact) mass is 354 g/mol. The SMILES string of the molecule is C[C@@H](O/N=C\c1ccc(Cl)cc1)C(=O)Nc1ccc(F)cc1Cl. The Labute approximate surface area is 142 Å². The van der Waals surface area contributed by atoms with Crippen molar-refractivity contribution in [3.8, 4) is 0 Å². The number of anilines is 1. The molecule has 23 heavy (non-hydrogen) atoms. The van der Waals surface area contributed by atoms with Gasteiger partial charge < -0.3 is 10.2 Å². The van der Waals surface area contributed by atoms with Crippen molar-refractivity contribution in [1.29, 1.82) is 0 Å². The van der Waals surface area contributed by atoms with Gasteiger partial charge in [0, 0.05) is 5.02 Å². The van der Waals surface area contributed by atoms with E-state index >= 15 is 0 Å². The molecule has 2 rings (SSSR count). The number of carbonyl (C=O) groups is 1. The van der Waals surface area contributed by atoms with Gasteiger partial charge in [0.1, 0.15) is 5.82 Å². The highest BCUT2D eigenvalue weighted by atomic mass is 35.5. The van der Waals surface area contributed by atoms with Crippen LogP contribution in [0.5, 0.6) is 0 Å². The number of hydrogen-bond donors (Lipinski definition) is 1. The standard InChI is InChI=1S/C16H13Cl2FN2O2/c1-10(23-20-9-11-2-4-12(17)5-3-11)16(22)21-15-7-6-13(19)8-14(15)18/h2-10H,1H3,(H,21,22)/b20-9-/t10-/m1/s1. The highest BCUT2D eigenvalue weighted by molar-refractivity contribution is 6.33. The van der Waals surface area contributed by atoms with Crippen molar-refractivity contribution in [2.24, 2.45) is 5.16 Å². The molecule has 1 amide bonds. The summed E-state index contributed by atoms with van der Waals surface area (Å²) in [5, 5.41) is 7.01. The number of hydrogen-bond acceptors (Lipinski definition) is 3. The molecule has 120 valence electrons. The maximum atomic E-state index is 12.9. The van der Waals surface area contributed by atoms with Crippen LogP contribution in [0.3, 0.4) is 0 Å². The van der Waals surface area contributed by atoms with Crippen molar-refractivity contribution >= 4 is 41.0 Å². The van der Waals surface area contributed by atoms with Crippen LogP contribution in [-0.4, -0.2) is 18.2 Å². The molecule has 0 saturated heterocycles. The summed E-state index contributed by atoms with van der Waals surface area (Å²) >= 11 is 11.6. The molecule has 0 aromatic heterocycles. The minimum Gasteiger partial charge on any atom is -0.383 e. The van der Waals surface area contributed by atoms with E-state index in [1.807, 2.05) is 0 Å². The summed E-state index contributed by atoms with van der Waals surface area (Å²) in [6.45, 7) is 1.53. The molecular weight excluding hydrogens is 342 g/mol. The molecule has 0 aliphatic rings. The van der Waals surface area contributed by atoms with E-state index in [1.54, 1.807) is 24.3 Å². The van der Waals surface area contributed by atoms with E-state index in [2.05, 4.69) is 10.5 Å². The zero-order chi connectivity index (χ0) is 16.8. The van der Waals surface area contributed by atoms with Crippen LogP contribution in [0.15, 0.2) is 47.6 Å². The largest absolute Gasteiger partial charge is 0.383 e. The van der Waals surface area contributed by atoms with Gasteiger partial charge in [-0.05, 0) is 42.8 Å². The van der Waals surface area contributed by atoms with Gasteiger partial charge in [-0.3, -0.25) is 4.79 Å². The Kier molecular flexibility index (Phi) is 5.96. The predicted octanol–water partition coefficient (Wildman–Crippen LogP) is 4.51. The zero-order valence-electron chi connectivity index (χ0n) is 12.1. The van der Waals surface area contributed by atoms with Gasteiger partial charge in [0.25, 0.3) is 5.91 Å². The summed E-state index contributed by atoms with van der Waals surface area (Å²) in [4.78, 5) is 17.0. The lowest BCUT2D eigenvalue weighted by atomic mass is 10.2. The first-order valence-electron chi connectivity index (χ1n) is 6.66. The molecule has 0 aliphatic heterocycles. The summed E-state index contributed by atoms with van der Waals surface area (Å²) in [6.07, 6.45) is 0.616. The van der Waals surface area contributed by atoms with Gasteiger partial charge in [0.15, 0.2) is 0 Å². The normalized spacial score (nSPS) is 12.2. The zero-order valence-corrected chi connectivity index (χ0v) is 13.6. The average Bonchev–Trinajstić information content (AvgIpc) is 2.51. The first kappa shape index (κ1) is 17.2. The molecule has 0 spiro atoms. The number of nitrogens with one attached hydrogen (secondary N) is 1. The maximum Gasteiger partial charge on any atom is 0.268 e. The van der Waals surface area contributed by atoms with Crippen molar-refractivity contribution in [3.63, 3.8) is 0 Å². The average molecular weight is 355 g/mol. The summed E-state index contributed by atoms with van der Waals surface area (Å²) < 4.78 is 12.9. The number of nitrogens with zero attached hydrogens (tertiary/aromatic N) is 1. The maximum absolute atomic E-state index is 12.9. The van der Waals surface area contributed by atoms with Crippen molar-refractivity contribution in [1.82, 2.24) is 0 Å². The van der Waals surface area contributed by atoms with E-state index in [4.69, 9.17) is 28.0 Å². The number of carbonyl (C=O) groups excluding carboxylic acids is 1. The molecular formula is C16H13Cl2FN2O2. The fourth-order valence-corrected chi connectivity index (χ4v) is 1.94. The van der Waals surface area contributed by atoms with Crippen molar-refractivity contribution in [2.75, 3.05) is 5.32 Å². The Hall–Kier alpha value is -2.11. The Morgan fingerprint density at radius 3 is 2.61 bits per heavy atom. The van der Waals surface area contributed by atoms with Crippen LogP contribution in [0.2, 0.25) is 10.0 Å². The van der Waals surface area contributed by atoms with E-state index in [0.717, 1.165) is 11.6 Å². The molecule has 1 atom stereocenters. The predicted molar refractivity (Wildman–Crippen MR) is 89.6 cm³/mol. The van der Waals surface area contributed by atoms with Gasteiger partial charge in [-0.1, -0.05) is 40.5 Å². The van der Waals surface area contributed by atoms with E-state index in [0.29, 0.717) is 10.7 Å². The third kappa shape index (κ3) is 5.23. The van der Waals surface area contributed by atoms with Crippen LogP contribution in [0.4, 0.5) is 10.1 Å². The topological polar surface area (TPSA) is 50.7 Å². The van der Waals surface area contributed by atoms with Crippen molar-refractivity contribution < 1.29 is 14.0 Å². The van der Waals surface area contributed by atoms with E-state index < -0.39 is 17.8 Å². The third-order valence-electron chi connectivity index (χ3n) is 2.85. The van der Waals surface area contributed by atoms with E-state index in [-0.39, 0.29) is 5.02 Å². The minimum atomic E-state index is -0.848. The lowest BCUT2D eigenvalue weighted by Gasteiger charge is -2.11. The quantitative estimate of drug-likeness (QED) is 0.634. The number of benzene rings is 2. The summed E-state index contributed by atoms with van der Waals surface area (Å²) in [5.41, 5.74) is 1.08. The minimum absolute atomic E-state index is 0.107. The van der Waals surface area contributed by atoms with Gasteiger partial charge >= 0.3 is 0 Å². The molecule has 7 heteroatoms. The second-order valence-electron chi connectivity index (χ2n) is 4.65. The summed E-state index contributed by atoms with van der Waals surface area (Å²) in [7, 11) is 0. The first-order valence-corrected chi connectivity index (χ1v) is 7.42. The van der Waals surface area contributed by atoms with Crippen molar-refractivity contribution in [2.45, 2.75) is 13.0 Å². The number of amides is 1. The summed E-state index contributed by atoms with van der Waals surface area (Å²) in [5.74, 6) is -0.934. The van der Waals surface area contributed by atoms with Gasteiger partial charge in [-0.2, -0.15) is 0 Å². The van der Waals surface area contributed by atoms with Gasteiger partial charge in [0.05, 0.1) is 16.9 Å². The fourth-order valence-electron chi connectivity index (χ4n) is 1.60. The molecule has 4 nitrogen and oxygen atoms in total. The number of oxime groups is 1. The van der Waals surface area contributed by atoms with Gasteiger partial charge in [-0.15, -0.1) is 0 Å². The molecule has 2 aromatic rings. The molecule has 0 aliphatic carbocycles. The molecule has 0 bridgehead atoms.